The van der Waals surface area contributed by atoms with Crippen molar-refractivity contribution in [3.8, 4) is 5.75 Å². The third kappa shape index (κ3) is 4.89. The van der Waals surface area contributed by atoms with E-state index >= 15 is 0 Å². The third-order valence-corrected chi connectivity index (χ3v) is 6.48. The second kappa shape index (κ2) is 8.84. The van der Waals surface area contributed by atoms with Crippen molar-refractivity contribution in [3.63, 3.8) is 0 Å². The van der Waals surface area contributed by atoms with Crippen LogP contribution in [0.1, 0.15) is 24.2 Å². The minimum atomic E-state index is -3.79. The van der Waals surface area contributed by atoms with E-state index in [1.807, 2.05) is 4.90 Å². The van der Waals surface area contributed by atoms with E-state index in [1.54, 1.807) is 36.4 Å². The Morgan fingerprint density at radius 3 is 2.21 bits per heavy atom. The second-order valence-electron chi connectivity index (χ2n) is 7.25. The lowest BCUT2D eigenvalue weighted by molar-refractivity contribution is 0.0595. The van der Waals surface area contributed by atoms with Crippen LogP contribution in [0.15, 0.2) is 53.4 Å². The van der Waals surface area contributed by atoms with E-state index in [9.17, 15) is 13.2 Å². The monoisotopic (exact) mass is 417 g/mol. The maximum Gasteiger partial charge on any atom is 0.262 e. The largest absolute Gasteiger partial charge is 0.495 e. The summed E-state index contributed by atoms with van der Waals surface area (Å²) >= 11 is 0. The Bertz CT molecular complexity index is 950. The standard InChI is InChI=1S/C21H27N3O4S/c1-16(2)23-12-14-24(15-13-23)21(25)17-8-10-18(11-9-17)29(26,27)22-19-6-4-5-7-20(19)28-3/h4-11,16,22H,12-15H2,1-3H3. The zero-order valence-corrected chi connectivity index (χ0v) is 17.8. The van der Waals surface area contributed by atoms with Gasteiger partial charge < -0.3 is 9.64 Å². The lowest BCUT2D eigenvalue weighted by Gasteiger charge is -2.37. The Morgan fingerprint density at radius 2 is 1.62 bits per heavy atom. The number of carbonyl (C=O) groups is 1. The number of hydrogen-bond acceptors (Lipinski definition) is 5. The number of amides is 1. The minimum absolute atomic E-state index is 0.0740. The molecule has 0 radical (unpaired) electrons. The fourth-order valence-electron chi connectivity index (χ4n) is 3.33. The highest BCUT2D eigenvalue weighted by Gasteiger charge is 2.24. The van der Waals surface area contributed by atoms with Crippen LogP contribution in [0.4, 0.5) is 5.69 Å². The molecule has 0 unspecified atom stereocenters. The van der Waals surface area contributed by atoms with Gasteiger partial charge in [0.2, 0.25) is 0 Å². The number of carbonyl (C=O) groups excluding carboxylic acids is 1. The van der Waals surface area contributed by atoms with Gasteiger partial charge in [0.25, 0.3) is 15.9 Å². The number of methoxy groups -OCH3 is 1. The molecule has 1 fully saturated rings. The van der Waals surface area contributed by atoms with Crippen molar-refractivity contribution < 1.29 is 17.9 Å². The first-order valence-corrected chi connectivity index (χ1v) is 11.1. The smallest absolute Gasteiger partial charge is 0.262 e. The normalized spacial score (nSPS) is 15.4. The lowest BCUT2D eigenvalue weighted by atomic mass is 10.1. The van der Waals surface area contributed by atoms with E-state index in [4.69, 9.17) is 4.74 Å². The number of nitrogens with zero attached hydrogens (tertiary/aromatic N) is 2. The van der Waals surface area contributed by atoms with Gasteiger partial charge in [-0.15, -0.1) is 0 Å². The molecule has 7 nitrogen and oxygen atoms in total. The average Bonchev–Trinajstić information content (AvgIpc) is 2.73. The molecule has 2 aromatic carbocycles. The summed E-state index contributed by atoms with van der Waals surface area (Å²) in [5, 5.41) is 0. The van der Waals surface area contributed by atoms with Gasteiger partial charge in [-0.05, 0) is 50.2 Å². The van der Waals surface area contributed by atoms with E-state index in [1.165, 1.54) is 19.2 Å². The number of piperazine rings is 1. The van der Waals surface area contributed by atoms with Crippen LogP contribution in [-0.2, 0) is 10.0 Å². The molecule has 0 atom stereocenters. The van der Waals surface area contributed by atoms with Crippen molar-refractivity contribution in [1.29, 1.82) is 0 Å². The molecule has 1 saturated heterocycles. The molecule has 0 bridgehead atoms. The number of rotatable bonds is 6. The average molecular weight is 418 g/mol. The van der Waals surface area contributed by atoms with Crippen LogP contribution in [0.2, 0.25) is 0 Å². The number of para-hydroxylation sites is 2. The molecule has 0 spiro atoms. The highest BCUT2D eigenvalue weighted by atomic mass is 32.2. The molecular weight excluding hydrogens is 390 g/mol. The minimum Gasteiger partial charge on any atom is -0.495 e. The van der Waals surface area contributed by atoms with Crippen LogP contribution in [0.3, 0.4) is 0 Å². The molecule has 1 amide bonds. The van der Waals surface area contributed by atoms with Crippen LogP contribution in [-0.4, -0.2) is 63.5 Å². The Hall–Kier alpha value is -2.58. The van der Waals surface area contributed by atoms with Crippen LogP contribution < -0.4 is 9.46 Å². The van der Waals surface area contributed by atoms with Gasteiger partial charge in [-0.2, -0.15) is 0 Å². The van der Waals surface area contributed by atoms with Gasteiger partial charge in [0.05, 0.1) is 17.7 Å². The van der Waals surface area contributed by atoms with E-state index in [2.05, 4.69) is 23.5 Å². The molecule has 0 aromatic heterocycles. The molecule has 1 heterocycles. The molecular formula is C21H27N3O4S. The highest BCUT2D eigenvalue weighted by molar-refractivity contribution is 7.92. The maximum atomic E-state index is 12.7. The zero-order chi connectivity index (χ0) is 21.0. The first-order valence-electron chi connectivity index (χ1n) is 9.61. The first kappa shape index (κ1) is 21.1. The maximum absolute atomic E-state index is 12.7. The lowest BCUT2D eigenvalue weighted by Crippen LogP contribution is -2.50. The van der Waals surface area contributed by atoms with Gasteiger partial charge in [0.1, 0.15) is 5.75 Å². The van der Waals surface area contributed by atoms with Crippen molar-refractivity contribution in [2.45, 2.75) is 24.8 Å². The molecule has 1 aliphatic rings. The van der Waals surface area contributed by atoms with E-state index < -0.39 is 10.0 Å². The fourth-order valence-corrected chi connectivity index (χ4v) is 4.40. The van der Waals surface area contributed by atoms with Crippen LogP contribution >= 0.6 is 0 Å². The fraction of sp³-hybridized carbons (Fsp3) is 0.381. The zero-order valence-electron chi connectivity index (χ0n) is 17.0. The summed E-state index contributed by atoms with van der Waals surface area (Å²) in [6, 6.07) is 13.3. The highest BCUT2D eigenvalue weighted by Crippen LogP contribution is 2.26. The predicted octanol–water partition coefficient (Wildman–Crippen LogP) is 2.66. The summed E-state index contributed by atoms with van der Waals surface area (Å²) in [4.78, 5) is 17.0. The third-order valence-electron chi connectivity index (χ3n) is 5.09. The molecule has 8 heteroatoms. The number of benzene rings is 2. The summed E-state index contributed by atoms with van der Waals surface area (Å²) in [6.45, 7) is 7.33. The summed E-state index contributed by atoms with van der Waals surface area (Å²) < 4.78 is 33.1. The molecule has 0 aliphatic carbocycles. The van der Waals surface area contributed by atoms with Crippen molar-refractivity contribution in [2.75, 3.05) is 38.0 Å². The van der Waals surface area contributed by atoms with Gasteiger partial charge >= 0.3 is 0 Å². The molecule has 1 aliphatic heterocycles. The second-order valence-corrected chi connectivity index (χ2v) is 8.93. The Balaban J connectivity index is 1.70. The van der Waals surface area contributed by atoms with Crippen LogP contribution in [0, 0.1) is 0 Å². The summed E-state index contributed by atoms with van der Waals surface area (Å²) in [5.74, 6) is 0.360. The van der Waals surface area contributed by atoms with E-state index in [0.29, 0.717) is 36.1 Å². The SMILES string of the molecule is COc1ccccc1NS(=O)(=O)c1ccc(C(=O)N2CCN(C(C)C)CC2)cc1. The Labute approximate surface area is 172 Å². The van der Waals surface area contributed by atoms with Crippen LogP contribution in [0.25, 0.3) is 0 Å². The summed E-state index contributed by atoms with van der Waals surface area (Å²) in [5.41, 5.74) is 0.845. The van der Waals surface area contributed by atoms with Gasteiger partial charge in [0.15, 0.2) is 0 Å². The molecule has 0 saturated carbocycles. The molecule has 3 rings (SSSR count). The van der Waals surface area contributed by atoms with Gasteiger partial charge in [0, 0.05) is 37.8 Å². The molecule has 29 heavy (non-hydrogen) atoms. The number of hydrogen-bond donors (Lipinski definition) is 1. The summed E-state index contributed by atoms with van der Waals surface area (Å²) in [6.07, 6.45) is 0. The number of sulfonamides is 1. The Morgan fingerprint density at radius 1 is 1.00 bits per heavy atom. The number of ether oxygens (including phenoxy) is 1. The van der Waals surface area contributed by atoms with Gasteiger partial charge in [-0.25, -0.2) is 8.42 Å². The predicted molar refractivity (Wildman–Crippen MR) is 113 cm³/mol. The van der Waals surface area contributed by atoms with Crippen molar-refractivity contribution >= 4 is 21.6 Å². The van der Waals surface area contributed by atoms with Gasteiger partial charge in [-0.1, -0.05) is 12.1 Å². The van der Waals surface area contributed by atoms with Crippen LogP contribution in [0.5, 0.6) is 5.75 Å². The van der Waals surface area contributed by atoms with Crippen molar-refractivity contribution in [1.82, 2.24) is 9.80 Å². The quantitative estimate of drug-likeness (QED) is 0.782. The topological polar surface area (TPSA) is 78.9 Å². The summed E-state index contributed by atoms with van der Waals surface area (Å²) in [7, 11) is -2.31. The van der Waals surface area contributed by atoms with E-state index in [0.717, 1.165) is 13.1 Å². The van der Waals surface area contributed by atoms with Crippen molar-refractivity contribution in [3.05, 3.63) is 54.1 Å². The van der Waals surface area contributed by atoms with Crippen molar-refractivity contribution in [2.24, 2.45) is 0 Å². The Kier molecular flexibility index (Phi) is 6.44. The van der Waals surface area contributed by atoms with Gasteiger partial charge in [-0.3, -0.25) is 14.4 Å². The number of anilines is 1. The number of nitrogens with one attached hydrogen (secondary N) is 1. The molecule has 1 N–H and O–H groups in total. The first-order chi connectivity index (χ1) is 13.8. The molecule has 156 valence electrons. The molecule has 2 aromatic rings. The van der Waals surface area contributed by atoms with E-state index in [-0.39, 0.29) is 10.8 Å².